The van der Waals surface area contributed by atoms with Gasteiger partial charge in [0.05, 0.1) is 6.54 Å². The first-order valence-corrected chi connectivity index (χ1v) is 8.28. The Kier molecular flexibility index (Phi) is 6.76. The van der Waals surface area contributed by atoms with E-state index in [0.29, 0.717) is 19.1 Å². The zero-order chi connectivity index (χ0) is 15.1. The highest BCUT2D eigenvalue weighted by Gasteiger charge is 2.31. The Hall–Kier alpha value is -0.330. The average Bonchev–Trinajstić information content (AvgIpc) is 2.45. The lowest BCUT2D eigenvalue weighted by Crippen LogP contribution is -2.49. The molecular weight excluding hydrogens is 279 g/mol. The van der Waals surface area contributed by atoms with Gasteiger partial charge in [0.25, 0.3) is 0 Å². The molecule has 0 unspecified atom stereocenters. The quantitative estimate of drug-likeness (QED) is 0.761. The topological polar surface area (TPSA) is 18.5 Å². The zero-order valence-electron chi connectivity index (χ0n) is 12.8. The second kappa shape index (κ2) is 8.34. The van der Waals surface area contributed by atoms with Crippen molar-refractivity contribution in [1.29, 1.82) is 0 Å². The monoisotopic (exact) mass is 307 g/mol. The molecule has 0 atom stereocenters. The first kappa shape index (κ1) is 17.0. The number of piperazine rings is 1. The lowest BCUT2D eigenvalue weighted by molar-refractivity contribution is -0.149. The van der Waals surface area contributed by atoms with Gasteiger partial charge in [0.15, 0.2) is 0 Å². The van der Waals surface area contributed by atoms with Crippen LogP contribution in [-0.2, 0) is 0 Å². The maximum atomic E-state index is 12.3. The van der Waals surface area contributed by atoms with Crippen LogP contribution in [0.15, 0.2) is 0 Å². The Balaban J connectivity index is 1.50. The fourth-order valence-electron chi connectivity index (χ4n) is 3.34. The summed E-state index contributed by atoms with van der Waals surface area (Å²) in [5.41, 5.74) is 0. The van der Waals surface area contributed by atoms with Crippen molar-refractivity contribution in [1.82, 2.24) is 15.1 Å². The fraction of sp³-hybridized carbons (Fsp3) is 1.00. The van der Waals surface area contributed by atoms with E-state index in [-0.39, 0.29) is 0 Å². The molecule has 0 amide bonds. The predicted octanol–water partition coefficient (Wildman–Crippen LogP) is 2.48. The van der Waals surface area contributed by atoms with Gasteiger partial charge >= 0.3 is 6.18 Å². The molecule has 1 aliphatic heterocycles. The van der Waals surface area contributed by atoms with Crippen LogP contribution >= 0.6 is 0 Å². The third-order valence-electron chi connectivity index (χ3n) is 4.56. The molecule has 0 bridgehead atoms. The summed E-state index contributed by atoms with van der Waals surface area (Å²) in [4.78, 5) is 3.80. The largest absolute Gasteiger partial charge is 0.401 e. The molecule has 6 heteroatoms. The van der Waals surface area contributed by atoms with E-state index >= 15 is 0 Å². The summed E-state index contributed by atoms with van der Waals surface area (Å²) in [6, 6.07) is 0.697. The molecule has 0 aromatic heterocycles. The van der Waals surface area contributed by atoms with Gasteiger partial charge in [-0.3, -0.25) is 4.90 Å². The molecule has 2 aliphatic rings. The molecule has 3 nitrogen and oxygen atoms in total. The van der Waals surface area contributed by atoms with Gasteiger partial charge in [-0.25, -0.2) is 0 Å². The Morgan fingerprint density at radius 2 is 1.52 bits per heavy atom. The summed E-state index contributed by atoms with van der Waals surface area (Å²) in [5, 5.41) is 3.62. The van der Waals surface area contributed by atoms with Crippen molar-refractivity contribution < 1.29 is 13.2 Å². The zero-order valence-corrected chi connectivity index (χ0v) is 12.8. The van der Waals surface area contributed by atoms with E-state index in [4.69, 9.17) is 0 Å². The maximum absolute atomic E-state index is 12.3. The summed E-state index contributed by atoms with van der Waals surface area (Å²) >= 11 is 0. The van der Waals surface area contributed by atoms with Crippen molar-refractivity contribution in [2.24, 2.45) is 0 Å². The highest BCUT2D eigenvalue weighted by atomic mass is 19.4. The Morgan fingerprint density at radius 3 is 2.14 bits per heavy atom. The minimum atomic E-state index is -4.06. The van der Waals surface area contributed by atoms with E-state index in [1.807, 2.05) is 0 Å². The van der Waals surface area contributed by atoms with Gasteiger partial charge in [0.2, 0.25) is 0 Å². The molecule has 0 aromatic carbocycles. The van der Waals surface area contributed by atoms with Gasteiger partial charge in [0, 0.05) is 32.2 Å². The first-order chi connectivity index (χ1) is 10.0. The first-order valence-electron chi connectivity index (χ1n) is 8.28. The predicted molar refractivity (Wildman–Crippen MR) is 78.4 cm³/mol. The summed E-state index contributed by atoms with van der Waals surface area (Å²) in [6.07, 6.45) is 3.70. The Morgan fingerprint density at radius 1 is 0.905 bits per heavy atom. The number of rotatable bonds is 6. The summed E-state index contributed by atoms with van der Waals surface area (Å²) in [7, 11) is 0. The molecule has 1 saturated carbocycles. The van der Waals surface area contributed by atoms with Gasteiger partial charge in [-0.05, 0) is 32.4 Å². The number of nitrogens with zero attached hydrogens (tertiary/aromatic N) is 2. The van der Waals surface area contributed by atoms with E-state index in [1.54, 1.807) is 0 Å². The van der Waals surface area contributed by atoms with Gasteiger partial charge in [-0.2, -0.15) is 13.2 Å². The minimum Gasteiger partial charge on any atom is -0.314 e. The molecule has 1 saturated heterocycles. The molecule has 2 rings (SSSR count). The molecular formula is C15H28F3N3. The summed E-state index contributed by atoms with van der Waals surface area (Å²) in [6.45, 7) is 3.88. The van der Waals surface area contributed by atoms with Gasteiger partial charge in [-0.1, -0.05) is 19.3 Å². The number of nitrogens with one attached hydrogen (secondary N) is 1. The molecule has 1 heterocycles. The van der Waals surface area contributed by atoms with Crippen LogP contribution in [0.5, 0.6) is 0 Å². The van der Waals surface area contributed by atoms with Crippen LogP contribution in [0.25, 0.3) is 0 Å². The number of hydrogen-bond acceptors (Lipinski definition) is 3. The minimum absolute atomic E-state index is 0.537. The number of halogens is 3. The van der Waals surface area contributed by atoms with Crippen LogP contribution in [0, 0.1) is 0 Å². The van der Waals surface area contributed by atoms with Crippen molar-refractivity contribution >= 4 is 0 Å². The van der Waals surface area contributed by atoms with Crippen LogP contribution in [0.1, 0.15) is 38.5 Å². The van der Waals surface area contributed by atoms with Crippen LogP contribution in [0.4, 0.5) is 13.2 Å². The van der Waals surface area contributed by atoms with Gasteiger partial charge < -0.3 is 10.2 Å². The van der Waals surface area contributed by atoms with Crippen molar-refractivity contribution in [2.45, 2.75) is 50.7 Å². The van der Waals surface area contributed by atoms with Crippen molar-refractivity contribution in [3.8, 4) is 0 Å². The lowest BCUT2D eigenvalue weighted by atomic mass is 9.95. The van der Waals surface area contributed by atoms with E-state index in [9.17, 15) is 13.2 Å². The normalized spacial score (nSPS) is 23.6. The van der Waals surface area contributed by atoms with E-state index < -0.39 is 12.7 Å². The molecule has 1 N–H and O–H groups in total. The molecule has 0 radical (unpaired) electrons. The standard InChI is InChI=1S/C15H28F3N3/c16-15(17,18)13-21-11-9-20(10-12-21)8-4-7-19-14-5-2-1-3-6-14/h14,19H,1-13H2. The Bertz CT molecular complexity index is 282. The third kappa shape index (κ3) is 6.98. The van der Waals surface area contributed by atoms with Gasteiger partial charge in [0.1, 0.15) is 0 Å². The average molecular weight is 307 g/mol. The second-order valence-corrected chi connectivity index (χ2v) is 6.38. The van der Waals surface area contributed by atoms with Gasteiger partial charge in [-0.15, -0.1) is 0 Å². The molecule has 0 spiro atoms. The number of alkyl halides is 3. The molecule has 124 valence electrons. The van der Waals surface area contributed by atoms with Crippen LogP contribution in [0.2, 0.25) is 0 Å². The van der Waals surface area contributed by atoms with E-state index in [1.165, 1.54) is 37.0 Å². The van der Waals surface area contributed by atoms with E-state index in [2.05, 4.69) is 10.2 Å². The summed E-state index contributed by atoms with van der Waals surface area (Å²) in [5.74, 6) is 0. The fourth-order valence-corrected chi connectivity index (χ4v) is 3.34. The van der Waals surface area contributed by atoms with E-state index in [0.717, 1.165) is 32.6 Å². The lowest BCUT2D eigenvalue weighted by Gasteiger charge is -2.35. The SMILES string of the molecule is FC(F)(F)CN1CCN(CCCNC2CCCCC2)CC1. The molecule has 2 fully saturated rings. The second-order valence-electron chi connectivity index (χ2n) is 6.38. The van der Waals surface area contributed by atoms with Crippen LogP contribution in [0.3, 0.4) is 0 Å². The highest BCUT2D eigenvalue weighted by molar-refractivity contribution is 4.75. The van der Waals surface area contributed by atoms with Crippen molar-refractivity contribution in [3.05, 3.63) is 0 Å². The van der Waals surface area contributed by atoms with Crippen LogP contribution < -0.4 is 5.32 Å². The molecule has 21 heavy (non-hydrogen) atoms. The third-order valence-corrected chi connectivity index (χ3v) is 4.56. The molecule has 0 aromatic rings. The van der Waals surface area contributed by atoms with Crippen molar-refractivity contribution in [3.63, 3.8) is 0 Å². The summed E-state index contributed by atoms with van der Waals surface area (Å²) < 4.78 is 36.9. The molecule has 1 aliphatic carbocycles. The van der Waals surface area contributed by atoms with Crippen LogP contribution in [-0.4, -0.2) is 67.8 Å². The van der Waals surface area contributed by atoms with Crippen molar-refractivity contribution in [2.75, 3.05) is 45.8 Å². The highest BCUT2D eigenvalue weighted by Crippen LogP contribution is 2.18. The maximum Gasteiger partial charge on any atom is 0.401 e. The smallest absolute Gasteiger partial charge is 0.314 e. The Labute approximate surface area is 125 Å². The number of hydrogen-bond donors (Lipinski definition) is 1.